The van der Waals surface area contributed by atoms with E-state index in [4.69, 9.17) is 5.11 Å². The number of carbonyl (C=O) groups excluding carboxylic acids is 1. The van der Waals surface area contributed by atoms with Crippen molar-refractivity contribution in [2.45, 2.75) is 45.1 Å². The Bertz CT molecular complexity index is 227. The van der Waals surface area contributed by atoms with E-state index in [0.29, 0.717) is 18.9 Å². The Labute approximate surface area is 83.9 Å². The smallest absolute Gasteiger partial charge is 0.303 e. The van der Waals surface area contributed by atoms with Gasteiger partial charge in [0.25, 0.3) is 0 Å². The van der Waals surface area contributed by atoms with Gasteiger partial charge in [-0.3, -0.25) is 9.59 Å². The van der Waals surface area contributed by atoms with Crippen LogP contribution < -0.4 is 0 Å². The van der Waals surface area contributed by atoms with Gasteiger partial charge in [-0.1, -0.05) is 0 Å². The maximum atomic E-state index is 11.6. The van der Waals surface area contributed by atoms with E-state index < -0.39 is 5.97 Å². The fraction of sp³-hybridized carbons (Fsp3) is 0.800. The first-order valence-corrected chi connectivity index (χ1v) is 5.12. The van der Waals surface area contributed by atoms with Crippen molar-refractivity contribution in [3.05, 3.63) is 0 Å². The summed E-state index contributed by atoms with van der Waals surface area (Å²) in [5.41, 5.74) is 0. The van der Waals surface area contributed by atoms with Crippen molar-refractivity contribution in [3.8, 4) is 0 Å². The van der Waals surface area contributed by atoms with Crippen molar-refractivity contribution in [3.63, 3.8) is 0 Å². The van der Waals surface area contributed by atoms with Crippen LogP contribution in [0, 0.1) is 0 Å². The molecular weight excluding hydrogens is 182 g/mol. The van der Waals surface area contributed by atoms with Crippen molar-refractivity contribution < 1.29 is 14.7 Å². The summed E-state index contributed by atoms with van der Waals surface area (Å²) in [5.74, 6) is -0.719. The van der Waals surface area contributed by atoms with Gasteiger partial charge in [0.05, 0.1) is 0 Å². The lowest BCUT2D eigenvalue weighted by atomic mass is 10.2. The van der Waals surface area contributed by atoms with Crippen LogP contribution in [-0.4, -0.2) is 34.5 Å². The lowest BCUT2D eigenvalue weighted by Gasteiger charge is -2.21. The Hall–Kier alpha value is -1.06. The molecule has 14 heavy (non-hydrogen) atoms. The average molecular weight is 199 g/mol. The number of carboxylic acids is 1. The van der Waals surface area contributed by atoms with E-state index in [1.165, 1.54) is 0 Å². The van der Waals surface area contributed by atoms with Crippen LogP contribution in [0.15, 0.2) is 0 Å². The minimum atomic E-state index is -0.827. The molecule has 0 aromatic rings. The Balaban J connectivity index is 2.24. The Morgan fingerprint density at radius 3 is 2.64 bits per heavy atom. The molecule has 1 aliphatic heterocycles. The summed E-state index contributed by atoms with van der Waals surface area (Å²) >= 11 is 0. The molecule has 1 fully saturated rings. The highest BCUT2D eigenvalue weighted by Gasteiger charge is 2.24. The molecule has 0 spiro atoms. The number of likely N-dealkylation sites (tertiary alicyclic amines) is 1. The van der Waals surface area contributed by atoms with Gasteiger partial charge in [0.15, 0.2) is 0 Å². The molecule has 1 unspecified atom stereocenters. The van der Waals surface area contributed by atoms with Gasteiger partial charge in [-0.25, -0.2) is 0 Å². The normalized spacial score (nSPS) is 21.2. The number of amides is 1. The third-order valence-corrected chi connectivity index (χ3v) is 2.65. The first-order valence-electron chi connectivity index (χ1n) is 5.12. The number of carboxylic acid groups (broad SMARTS) is 1. The Kier molecular flexibility index (Phi) is 3.92. The predicted octanol–water partition coefficient (Wildman–Crippen LogP) is 1.25. The first kappa shape index (κ1) is 11.0. The molecular formula is C10H17NO3. The number of nitrogens with zero attached hydrogens (tertiary/aromatic N) is 1. The Morgan fingerprint density at radius 1 is 1.43 bits per heavy atom. The fourth-order valence-electron chi connectivity index (χ4n) is 1.84. The number of rotatable bonds is 4. The monoisotopic (exact) mass is 199 g/mol. The van der Waals surface area contributed by atoms with Crippen molar-refractivity contribution in [2.24, 2.45) is 0 Å². The predicted molar refractivity (Wildman–Crippen MR) is 51.9 cm³/mol. The van der Waals surface area contributed by atoms with Gasteiger partial charge < -0.3 is 10.0 Å². The van der Waals surface area contributed by atoms with Crippen LogP contribution >= 0.6 is 0 Å². The molecule has 0 aromatic heterocycles. The van der Waals surface area contributed by atoms with Gasteiger partial charge in [0, 0.05) is 25.4 Å². The van der Waals surface area contributed by atoms with Gasteiger partial charge >= 0.3 is 5.97 Å². The van der Waals surface area contributed by atoms with Gasteiger partial charge in [0.1, 0.15) is 0 Å². The van der Waals surface area contributed by atoms with Crippen LogP contribution in [0.1, 0.15) is 39.0 Å². The molecule has 1 amide bonds. The molecule has 1 aliphatic rings. The van der Waals surface area contributed by atoms with Crippen molar-refractivity contribution in [1.82, 2.24) is 4.90 Å². The fourth-order valence-corrected chi connectivity index (χ4v) is 1.84. The van der Waals surface area contributed by atoms with E-state index in [1.54, 1.807) is 0 Å². The van der Waals surface area contributed by atoms with Crippen LogP contribution in [0.5, 0.6) is 0 Å². The van der Waals surface area contributed by atoms with Gasteiger partial charge in [-0.2, -0.15) is 0 Å². The SMILES string of the molecule is CC1CCCN1C(=O)CCCC(=O)O. The van der Waals surface area contributed by atoms with E-state index in [2.05, 4.69) is 0 Å². The third kappa shape index (κ3) is 3.01. The molecule has 1 heterocycles. The van der Waals surface area contributed by atoms with Crippen LogP contribution in [0.25, 0.3) is 0 Å². The topological polar surface area (TPSA) is 57.6 Å². The highest BCUT2D eigenvalue weighted by Crippen LogP contribution is 2.17. The van der Waals surface area contributed by atoms with Crippen molar-refractivity contribution >= 4 is 11.9 Å². The van der Waals surface area contributed by atoms with Gasteiger partial charge in [-0.05, 0) is 26.2 Å². The number of carbonyl (C=O) groups is 2. The number of hydrogen-bond donors (Lipinski definition) is 1. The second kappa shape index (κ2) is 4.98. The average Bonchev–Trinajstić information content (AvgIpc) is 2.50. The molecule has 0 radical (unpaired) electrons. The van der Waals surface area contributed by atoms with Gasteiger partial charge in [0.2, 0.25) is 5.91 Å². The highest BCUT2D eigenvalue weighted by molar-refractivity contribution is 5.77. The summed E-state index contributed by atoms with van der Waals surface area (Å²) < 4.78 is 0. The quantitative estimate of drug-likeness (QED) is 0.741. The maximum Gasteiger partial charge on any atom is 0.303 e. The van der Waals surface area contributed by atoms with Crippen molar-refractivity contribution in [1.29, 1.82) is 0 Å². The summed E-state index contributed by atoms with van der Waals surface area (Å²) in [6.07, 6.45) is 3.07. The van der Waals surface area contributed by atoms with Crippen LogP contribution in [0.4, 0.5) is 0 Å². The molecule has 4 heteroatoms. The van der Waals surface area contributed by atoms with Crippen molar-refractivity contribution in [2.75, 3.05) is 6.54 Å². The van der Waals surface area contributed by atoms with Crippen LogP contribution in [0.3, 0.4) is 0 Å². The van der Waals surface area contributed by atoms with E-state index in [-0.39, 0.29) is 12.3 Å². The molecule has 0 bridgehead atoms. The van der Waals surface area contributed by atoms with E-state index in [1.807, 2.05) is 11.8 Å². The molecule has 1 saturated heterocycles. The molecule has 0 aliphatic carbocycles. The summed E-state index contributed by atoms with van der Waals surface area (Å²) in [6.45, 7) is 2.88. The second-order valence-corrected chi connectivity index (χ2v) is 3.83. The lowest BCUT2D eigenvalue weighted by Crippen LogP contribution is -2.33. The minimum Gasteiger partial charge on any atom is -0.481 e. The largest absolute Gasteiger partial charge is 0.481 e. The third-order valence-electron chi connectivity index (χ3n) is 2.65. The zero-order valence-corrected chi connectivity index (χ0v) is 8.53. The van der Waals surface area contributed by atoms with Crippen LogP contribution in [-0.2, 0) is 9.59 Å². The Morgan fingerprint density at radius 2 is 2.14 bits per heavy atom. The van der Waals surface area contributed by atoms with E-state index in [9.17, 15) is 9.59 Å². The summed E-state index contributed by atoms with van der Waals surface area (Å²) in [5, 5.41) is 8.42. The minimum absolute atomic E-state index is 0.0912. The zero-order valence-electron chi connectivity index (χ0n) is 8.53. The molecule has 0 saturated carbocycles. The number of aliphatic carboxylic acids is 1. The highest BCUT2D eigenvalue weighted by atomic mass is 16.4. The van der Waals surface area contributed by atoms with Crippen LogP contribution in [0.2, 0.25) is 0 Å². The molecule has 1 atom stereocenters. The summed E-state index contributed by atoms with van der Waals surface area (Å²) in [7, 11) is 0. The summed E-state index contributed by atoms with van der Waals surface area (Å²) in [6, 6.07) is 0.340. The van der Waals surface area contributed by atoms with E-state index >= 15 is 0 Å². The maximum absolute atomic E-state index is 11.6. The standard InChI is InChI=1S/C10H17NO3/c1-8-4-3-7-11(8)9(12)5-2-6-10(13)14/h8H,2-7H2,1H3,(H,13,14). The second-order valence-electron chi connectivity index (χ2n) is 3.83. The van der Waals surface area contributed by atoms with E-state index in [0.717, 1.165) is 19.4 Å². The summed E-state index contributed by atoms with van der Waals surface area (Å²) in [4.78, 5) is 23.7. The molecule has 80 valence electrons. The number of hydrogen-bond acceptors (Lipinski definition) is 2. The molecule has 1 rings (SSSR count). The zero-order chi connectivity index (χ0) is 10.6. The molecule has 0 aromatic carbocycles. The molecule has 1 N–H and O–H groups in total. The molecule has 4 nitrogen and oxygen atoms in total. The lowest BCUT2D eigenvalue weighted by molar-refractivity contribution is -0.137. The van der Waals surface area contributed by atoms with Gasteiger partial charge in [-0.15, -0.1) is 0 Å². The first-order chi connectivity index (χ1) is 6.61.